The average Bonchev–Trinajstić information content (AvgIpc) is 2.71. The largest absolute Gasteiger partial charge is 0.485 e. The molecule has 4 heteroatoms. The van der Waals surface area contributed by atoms with Crippen LogP contribution in [0.3, 0.4) is 0 Å². The van der Waals surface area contributed by atoms with Crippen LogP contribution in [0.1, 0.15) is 21.5 Å². The summed E-state index contributed by atoms with van der Waals surface area (Å²) in [6.45, 7) is 0.657. The van der Waals surface area contributed by atoms with Crippen LogP contribution in [-0.2, 0) is 13.2 Å². The van der Waals surface area contributed by atoms with E-state index in [1.165, 1.54) is 0 Å². The van der Waals surface area contributed by atoms with Crippen LogP contribution < -0.4 is 15.2 Å². The topological polar surface area (TPSA) is 61.6 Å². The lowest BCUT2D eigenvalue weighted by molar-refractivity contribution is 0.0995. The maximum atomic E-state index is 12.2. The summed E-state index contributed by atoms with van der Waals surface area (Å²) in [5, 5.41) is 0. The third-order valence-electron chi connectivity index (χ3n) is 3.93. The summed E-state index contributed by atoms with van der Waals surface area (Å²) in [6, 6.07) is 24.9. The fraction of sp³-hybridized carbons (Fsp3) is 0.136. The summed E-state index contributed by atoms with van der Waals surface area (Å²) < 4.78 is 11.9. The van der Waals surface area contributed by atoms with Gasteiger partial charge in [-0.2, -0.15) is 0 Å². The Morgan fingerprint density at radius 1 is 0.731 bits per heavy atom. The molecular formula is C22H21NO3. The van der Waals surface area contributed by atoms with Crippen molar-refractivity contribution in [2.75, 3.05) is 6.54 Å². The first kappa shape index (κ1) is 17.7. The van der Waals surface area contributed by atoms with Gasteiger partial charge in [-0.05, 0) is 23.3 Å². The number of carbonyl (C=O) groups is 1. The normalized spacial score (nSPS) is 10.3. The zero-order chi connectivity index (χ0) is 18.2. The fourth-order valence-electron chi connectivity index (χ4n) is 2.57. The minimum absolute atomic E-state index is 0.0795. The SMILES string of the molecule is NCC(=O)c1cccc(OCc2ccccc2)c1OCc1ccccc1. The maximum absolute atomic E-state index is 12.2. The molecule has 0 aliphatic rings. The average molecular weight is 347 g/mol. The van der Waals surface area contributed by atoms with E-state index in [-0.39, 0.29) is 12.3 Å². The van der Waals surface area contributed by atoms with E-state index in [9.17, 15) is 4.79 Å². The van der Waals surface area contributed by atoms with Gasteiger partial charge in [0.25, 0.3) is 0 Å². The second kappa shape index (κ2) is 8.83. The maximum Gasteiger partial charge on any atom is 0.180 e. The molecule has 0 fully saturated rings. The van der Waals surface area contributed by atoms with Crippen LogP contribution in [0.4, 0.5) is 0 Å². The van der Waals surface area contributed by atoms with Crippen molar-refractivity contribution in [1.29, 1.82) is 0 Å². The van der Waals surface area contributed by atoms with Gasteiger partial charge in [-0.25, -0.2) is 0 Å². The smallest absolute Gasteiger partial charge is 0.180 e. The van der Waals surface area contributed by atoms with Crippen LogP contribution in [0, 0.1) is 0 Å². The predicted octanol–water partition coefficient (Wildman–Crippen LogP) is 3.99. The second-order valence-corrected chi connectivity index (χ2v) is 5.81. The first-order valence-electron chi connectivity index (χ1n) is 8.47. The number of rotatable bonds is 8. The molecule has 0 aliphatic carbocycles. The van der Waals surface area contributed by atoms with Crippen molar-refractivity contribution >= 4 is 5.78 Å². The molecule has 0 spiro atoms. The number of para-hydroxylation sites is 1. The van der Waals surface area contributed by atoms with Crippen molar-refractivity contribution in [3.8, 4) is 11.5 Å². The van der Waals surface area contributed by atoms with Crippen LogP contribution in [0.25, 0.3) is 0 Å². The molecule has 0 bridgehead atoms. The molecule has 0 heterocycles. The molecule has 132 valence electrons. The summed E-state index contributed by atoms with van der Waals surface area (Å²) in [6.07, 6.45) is 0. The van der Waals surface area contributed by atoms with Crippen molar-refractivity contribution in [2.45, 2.75) is 13.2 Å². The molecule has 0 saturated heterocycles. The Labute approximate surface area is 153 Å². The van der Waals surface area contributed by atoms with Gasteiger partial charge in [-0.15, -0.1) is 0 Å². The highest BCUT2D eigenvalue weighted by Gasteiger charge is 2.17. The molecule has 0 atom stereocenters. The predicted molar refractivity (Wildman–Crippen MR) is 101 cm³/mol. The molecule has 2 N–H and O–H groups in total. The van der Waals surface area contributed by atoms with Crippen LogP contribution in [0.15, 0.2) is 78.9 Å². The highest BCUT2D eigenvalue weighted by atomic mass is 16.5. The van der Waals surface area contributed by atoms with E-state index in [0.29, 0.717) is 30.3 Å². The molecule has 3 aromatic rings. The zero-order valence-electron chi connectivity index (χ0n) is 14.4. The summed E-state index contributed by atoms with van der Waals surface area (Å²) in [4.78, 5) is 12.2. The van der Waals surface area contributed by atoms with Crippen LogP contribution in [0.5, 0.6) is 11.5 Å². The fourth-order valence-corrected chi connectivity index (χ4v) is 2.57. The number of Topliss-reactive ketones (excluding diaryl/α,β-unsaturated/α-hetero) is 1. The Balaban J connectivity index is 1.83. The third kappa shape index (κ3) is 4.49. The molecule has 3 aromatic carbocycles. The molecule has 3 rings (SSSR count). The second-order valence-electron chi connectivity index (χ2n) is 5.81. The molecule has 0 unspecified atom stereocenters. The van der Waals surface area contributed by atoms with Gasteiger partial charge >= 0.3 is 0 Å². The molecule has 4 nitrogen and oxygen atoms in total. The van der Waals surface area contributed by atoms with E-state index in [2.05, 4.69) is 0 Å². The zero-order valence-corrected chi connectivity index (χ0v) is 14.4. The Hall–Kier alpha value is -3.11. The minimum atomic E-state index is -0.182. The molecule has 0 saturated carbocycles. The molecular weight excluding hydrogens is 326 g/mol. The summed E-state index contributed by atoms with van der Waals surface area (Å²) in [7, 11) is 0. The van der Waals surface area contributed by atoms with Crippen LogP contribution in [0.2, 0.25) is 0 Å². The van der Waals surface area contributed by atoms with E-state index in [4.69, 9.17) is 15.2 Å². The van der Waals surface area contributed by atoms with Gasteiger partial charge in [0.2, 0.25) is 0 Å². The molecule has 0 aliphatic heterocycles. The van der Waals surface area contributed by atoms with E-state index >= 15 is 0 Å². The van der Waals surface area contributed by atoms with Gasteiger partial charge in [0.05, 0.1) is 12.1 Å². The minimum Gasteiger partial charge on any atom is -0.485 e. The number of carbonyl (C=O) groups excluding carboxylic acids is 1. The lowest BCUT2D eigenvalue weighted by Crippen LogP contribution is -2.15. The van der Waals surface area contributed by atoms with Crippen molar-refractivity contribution in [1.82, 2.24) is 0 Å². The Morgan fingerprint density at radius 3 is 1.88 bits per heavy atom. The third-order valence-corrected chi connectivity index (χ3v) is 3.93. The molecule has 26 heavy (non-hydrogen) atoms. The standard InChI is InChI=1S/C22H21NO3/c23-14-20(24)19-12-7-13-21(25-15-17-8-3-1-4-9-17)22(19)26-16-18-10-5-2-6-11-18/h1-13H,14-16,23H2. The molecule has 0 aromatic heterocycles. The van der Waals surface area contributed by atoms with E-state index < -0.39 is 0 Å². The van der Waals surface area contributed by atoms with Crippen molar-refractivity contribution < 1.29 is 14.3 Å². The Bertz CT molecular complexity index is 848. The molecule has 0 radical (unpaired) electrons. The van der Waals surface area contributed by atoms with E-state index in [1.54, 1.807) is 18.2 Å². The quantitative estimate of drug-likeness (QED) is 0.626. The number of ether oxygens (including phenoxy) is 2. The lowest BCUT2D eigenvalue weighted by atomic mass is 10.1. The van der Waals surface area contributed by atoms with Gasteiger partial charge in [0, 0.05) is 0 Å². The number of benzene rings is 3. The Kier molecular flexibility index (Phi) is 6.01. The Morgan fingerprint density at radius 2 is 1.31 bits per heavy atom. The molecule has 0 amide bonds. The first-order valence-corrected chi connectivity index (χ1v) is 8.47. The van der Waals surface area contributed by atoms with E-state index in [1.807, 2.05) is 60.7 Å². The van der Waals surface area contributed by atoms with Gasteiger partial charge in [0.1, 0.15) is 13.2 Å². The van der Waals surface area contributed by atoms with Crippen molar-refractivity contribution in [2.24, 2.45) is 5.73 Å². The number of ketones is 1. The first-order chi connectivity index (χ1) is 12.8. The van der Waals surface area contributed by atoms with Gasteiger partial charge < -0.3 is 15.2 Å². The van der Waals surface area contributed by atoms with Crippen LogP contribution >= 0.6 is 0 Å². The van der Waals surface area contributed by atoms with Crippen LogP contribution in [-0.4, -0.2) is 12.3 Å². The van der Waals surface area contributed by atoms with E-state index in [0.717, 1.165) is 11.1 Å². The highest BCUT2D eigenvalue weighted by molar-refractivity contribution is 6.00. The number of hydrogen-bond acceptors (Lipinski definition) is 4. The highest BCUT2D eigenvalue weighted by Crippen LogP contribution is 2.33. The summed E-state index contributed by atoms with van der Waals surface area (Å²) in [5.41, 5.74) is 8.04. The van der Waals surface area contributed by atoms with Crippen molar-refractivity contribution in [3.05, 3.63) is 95.6 Å². The number of hydrogen-bond donors (Lipinski definition) is 1. The lowest BCUT2D eigenvalue weighted by Gasteiger charge is -2.16. The van der Waals surface area contributed by atoms with Gasteiger partial charge in [0.15, 0.2) is 17.3 Å². The monoisotopic (exact) mass is 347 g/mol. The summed E-state index contributed by atoms with van der Waals surface area (Å²) in [5.74, 6) is 0.782. The van der Waals surface area contributed by atoms with Crippen molar-refractivity contribution in [3.63, 3.8) is 0 Å². The van der Waals surface area contributed by atoms with Gasteiger partial charge in [-0.1, -0.05) is 66.7 Å². The summed E-state index contributed by atoms with van der Waals surface area (Å²) >= 11 is 0. The van der Waals surface area contributed by atoms with Gasteiger partial charge in [-0.3, -0.25) is 4.79 Å². The number of nitrogens with two attached hydrogens (primary N) is 1.